The van der Waals surface area contributed by atoms with Crippen LogP contribution in [-0.4, -0.2) is 16.2 Å². The molecule has 0 aliphatic carbocycles. The minimum atomic E-state index is 0.576. The summed E-state index contributed by atoms with van der Waals surface area (Å²) in [7, 11) is 1.97. The molecule has 0 bridgehead atoms. The highest BCUT2D eigenvalue weighted by molar-refractivity contribution is 9.10. The summed E-state index contributed by atoms with van der Waals surface area (Å²) >= 11 is 3.40. The number of nitrogen functional groups attached to an aromatic ring is 1. The van der Waals surface area contributed by atoms with E-state index in [1.165, 1.54) is 0 Å². The molecule has 0 aliphatic heterocycles. The van der Waals surface area contributed by atoms with Gasteiger partial charge in [-0.3, -0.25) is 0 Å². The third-order valence-electron chi connectivity index (χ3n) is 2.50. The highest BCUT2D eigenvalue weighted by atomic mass is 79.9. The van der Waals surface area contributed by atoms with Gasteiger partial charge in [0, 0.05) is 31.5 Å². The minimum absolute atomic E-state index is 0.576. The summed E-state index contributed by atoms with van der Waals surface area (Å²) in [6.07, 6.45) is 4.47. The first-order valence-corrected chi connectivity index (χ1v) is 6.11. The van der Waals surface area contributed by atoms with E-state index in [-0.39, 0.29) is 0 Å². The Bertz CT molecular complexity index is 510. The first-order chi connectivity index (χ1) is 8.18. The topological polar surface area (TPSA) is 53.1 Å². The Morgan fingerprint density at radius 3 is 3.00 bits per heavy atom. The van der Waals surface area contributed by atoms with Crippen molar-refractivity contribution in [3.05, 3.63) is 40.9 Å². The molecule has 0 saturated heterocycles. The van der Waals surface area contributed by atoms with Gasteiger partial charge < -0.3 is 15.0 Å². The van der Waals surface area contributed by atoms with Gasteiger partial charge in [0.25, 0.3) is 0 Å². The van der Waals surface area contributed by atoms with Crippen LogP contribution in [0.5, 0.6) is 5.75 Å². The lowest BCUT2D eigenvalue weighted by atomic mass is 10.3. The number of aryl methyl sites for hydroxylation is 1. The molecule has 0 spiro atoms. The first kappa shape index (κ1) is 12.0. The van der Waals surface area contributed by atoms with Crippen molar-refractivity contribution in [1.82, 2.24) is 9.55 Å². The second-order valence-electron chi connectivity index (χ2n) is 3.71. The SMILES string of the molecule is Cn1ccnc1CCOc1cccc(N)c1Br. The molecule has 2 rings (SSSR count). The molecule has 2 N–H and O–H groups in total. The molecule has 1 aromatic heterocycles. The minimum Gasteiger partial charge on any atom is -0.492 e. The Hall–Kier alpha value is -1.49. The lowest BCUT2D eigenvalue weighted by molar-refractivity contribution is 0.316. The van der Waals surface area contributed by atoms with E-state index in [0.29, 0.717) is 12.3 Å². The fraction of sp³-hybridized carbons (Fsp3) is 0.250. The molecule has 0 unspecified atom stereocenters. The predicted molar refractivity (Wildman–Crippen MR) is 71.0 cm³/mol. The molecule has 0 radical (unpaired) electrons. The van der Waals surface area contributed by atoms with Gasteiger partial charge in [-0.2, -0.15) is 0 Å². The molecular formula is C12H14BrN3O. The van der Waals surface area contributed by atoms with Crippen molar-refractivity contribution < 1.29 is 4.74 Å². The molecule has 4 nitrogen and oxygen atoms in total. The number of nitrogens with zero attached hydrogens (tertiary/aromatic N) is 2. The lowest BCUT2D eigenvalue weighted by Crippen LogP contribution is -2.06. The summed E-state index contributed by atoms with van der Waals surface area (Å²) in [6, 6.07) is 5.59. The highest BCUT2D eigenvalue weighted by Gasteiger charge is 2.05. The lowest BCUT2D eigenvalue weighted by Gasteiger charge is -2.09. The van der Waals surface area contributed by atoms with Crippen molar-refractivity contribution in [3.8, 4) is 5.75 Å². The van der Waals surface area contributed by atoms with E-state index in [2.05, 4.69) is 20.9 Å². The summed E-state index contributed by atoms with van der Waals surface area (Å²) in [5.41, 5.74) is 6.45. The fourth-order valence-corrected chi connectivity index (χ4v) is 1.91. The van der Waals surface area contributed by atoms with Gasteiger partial charge in [-0.05, 0) is 28.1 Å². The second-order valence-corrected chi connectivity index (χ2v) is 4.51. The van der Waals surface area contributed by atoms with Gasteiger partial charge >= 0.3 is 0 Å². The average Bonchev–Trinajstić information content (AvgIpc) is 2.71. The smallest absolute Gasteiger partial charge is 0.135 e. The van der Waals surface area contributed by atoms with Crippen LogP contribution in [0.25, 0.3) is 0 Å². The number of halogens is 1. The van der Waals surface area contributed by atoms with Crippen LogP contribution in [0, 0.1) is 0 Å². The van der Waals surface area contributed by atoms with Gasteiger partial charge in [-0.25, -0.2) is 4.98 Å². The summed E-state index contributed by atoms with van der Waals surface area (Å²) in [6.45, 7) is 0.576. The second kappa shape index (κ2) is 5.23. The van der Waals surface area contributed by atoms with Gasteiger partial charge in [0.15, 0.2) is 0 Å². The van der Waals surface area contributed by atoms with Crippen LogP contribution < -0.4 is 10.5 Å². The number of rotatable bonds is 4. The zero-order valence-electron chi connectivity index (χ0n) is 9.56. The molecule has 0 fully saturated rings. The Labute approximate surface area is 109 Å². The number of hydrogen-bond donors (Lipinski definition) is 1. The van der Waals surface area contributed by atoms with Gasteiger partial charge in [0.05, 0.1) is 11.1 Å². The van der Waals surface area contributed by atoms with Crippen molar-refractivity contribution in [2.24, 2.45) is 7.05 Å². The van der Waals surface area contributed by atoms with E-state index in [0.717, 1.165) is 22.5 Å². The molecule has 0 amide bonds. The third-order valence-corrected chi connectivity index (χ3v) is 3.35. The van der Waals surface area contributed by atoms with Crippen LogP contribution in [0.3, 0.4) is 0 Å². The maximum atomic E-state index is 5.77. The molecule has 1 aromatic carbocycles. The number of ether oxygens (including phenoxy) is 1. The number of imidazole rings is 1. The van der Waals surface area contributed by atoms with Crippen LogP contribution in [0.1, 0.15) is 5.82 Å². The van der Waals surface area contributed by atoms with Crippen LogP contribution in [-0.2, 0) is 13.5 Å². The summed E-state index contributed by atoms with van der Waals surface area (Å²) in [5, 5.41) is 0. The van der Waals surface area contributed by atoms with Crippen LogP contribution in [0.4, 0.5) is 5.69 Å². The largest absolute Gasteiger partial charge is 0.492 e. The van der Waals surface area contributed by atoms with Crippen molar-refractivity contribution in [1.29, 1.82) is 0 Å². The Kier molecular flexibility index (Phi) is 3.68. The Morgan fingerprint density at radius 2 is 2.29 bits per heavy atom. The van der Waals surface area contributed by atoms with Gasteiger partial charge in [0.1, 0.15) is 11.6 Å². The maximum absolute atomic E-state index is 5.77. The van der Waals surface area contributed by atoms with E-state index >= 15 is 0 Å². The van der Waals surface area contributed by atoms with Crippen LogP contribution >= 0.6 is 15.9 Å². The normalized spacial score (nSPS) is 10.5. The Balaban J connectivity index is 1.95. The summed E-state index contributed by atoms with van der Waals surface area (Å²) in [4.78, 5) is 4.23. The number of anilines is 1. The highest BCUT2D eigenvalue weighted by Crippen LogP contribution is 2.30. The molecular weight excluding hydrogens is 282 g/mol. The number of nitrogens with two attached hydrogens (primary N) is 1. The van der Waals surface area contributed by atoms with Gasteiger partial charge in [0.2, 0.25) is 0 Å². The zero-order valence-corrected chi connectivity index (χ0v) is 11.1. The molecule has 5 heteroatoms. The van der Waals surface area contributed by atoms with E-state index < -0.39 is 0 Å². The molecule has 0 saturated carbocycles. The van der Waals surface area contributed by atoms with Crippen molar-refractivity contribution in [3.63, 3.8) is 0 Å². The van der Waals surface area contributed by atoms with Gasteiger partial charge in [-0.1, -0.05) is 6.07 Å². The molecule has 0 atom stereocenters. The quantitative estimate of drug-likeness (QED) is 0.881. The van der Waals surface area contributed by atoms with Crippen molar-refractivity contribution in [2.45, 2.75) is 6.42 Å². The standard InChI is InChI=1S/C12H14BrN3O/c1-16-7-6-15-11(16)5-8-17-10-4-2-3-9(14)12(10)13/h2-4,6-7H,5,8,14H2,1H3. The first-order valence-electron chi connectivity index (χ1n) is 5.31. The molecule has 1 heterocycles. The van der Waals surface area contributed by atoms with Gasteiger partial charge in [-0.15, -0.1) is 0 Å². The number of benzene rings is 1. The van der Waals surface area contributed by atoms with E-state index in [9.17, 15) is 0 Å². The fourth-order valence-electron chi connectivity index (χ4n) is 1.53. The third kappa shape index (κ3) is 2.79. The molecule has 0 aliphatic rings. The summed E-state index contributed by atoms with van der Waals surface area (Å²) < 4.78 is 8.46. The summed E-state index contributed by atoms with van der Waals surface area (Å²) in [5.74, 6) is 1.77. The average molecular weight is 296 g/mol. The maximum Gasteiger partial charge on any atom is 0.135 e. The van der Waals surface area contributed by atoms with E-state index in [1.807, 2.05) is 36.0 Å². The van der Waals surface area contributed by atoms with Crippen molar-refractivity contribution in [2.75, 3.05) is 12.3 Å². The molecule has 17 heavy (non-hydrogen) atoms. The Morgan fingerprint density at radius 1 is 1.47 bits per heavy atom. The zero-order chi connectivity index (χ0) is 12.3. The van der Waals surface area contributed by atoms with Crippen LogP contribution in [0.15, 0.2) is 35.1 Å². The monoisotopic (exact) mass is 295 g/mol. The predicted octanol–water partition coefficient (Wildman–Crippen LogP) is 2.39. The van der Waals surface area contributed by atoms with Crippen molar-refractivity contribution >= 4 is 21.6 Å². The van der Waals surface area contributed by atoms with E-state index in [1.54, 1.807) is 6.20 Å². The van der Waals surface area contributed by atoms with E-state index in [4.69, 9.17) is 10.5 Å². The molecule has 2 aromatic rings. The molecule has 90 valence electrons. The number of hydrogen-bond acceptors (Lipinski definition) is 3. The number of aromatic nitrogens is 2. The van der Waals surface area contributed by atoms with Crippen LogP contribution in [0.2, 0.25) is 0 Å².